The fourth-order valence-electron chi connectivity index (χ4n) is 2.28. The third kappa shape index (κ3) is 3.66. The Morgan fingerprint density at radius 1 is 1.29 bits per heavy atom. The summed E-state index contributed by atoms with van der Waals surface area (Å²) in [4.78, 5) is 0. The molecule has 1 aliphatic carbocycles. The maximum absolute atomic E-state index is 11.5. The molecule has 1 saturated carbocycles. The molecule has 92 valence electrons. The summed E-state index contributed by atoms with van der Waals surface area (Å²) in [5, 5.41) is 11.5. The van der Waals surface area contributed by atoms with Crippen LogP contribution < -0.4 is 24.0 Å². The second kappa shape index (κ2) is 6.70. The summed E-state index contributed by atoms with van der Waals surface area (Å²) >= 11 is 0. The van der Waals surface area contributed by atoms with Crippen LogP contribution in [0.5, 0.6) is 0 Å². The minimum atomic E-state index is -0.408. The fourth-order valence-corrected chi connectivity index (χ4v) is 2.28. The first-order chi connectivity index (χ1) is 7.76. The molecule has 0 aromatic carbocycles. The maximum atomic E-state index is 11.5. The van der Waals surface area contributed by atoms with Gasteiger partial charge in [-0.05, 0) is 31.4 Å². The first-order valence-electron chi connectivity index (χ1n) is 6.05. The van der Waals surface area contributed by atoms with E-state index in [0.717, 1.165) is 50.9 Å². The maximum Gasteiger partial charge on any atom is 1.00 e. The van der Waals surface area contributed by atoms with Gasteiger partial charge in [-0.1, -0.05) is 6.92 Å². The first-order valence-corrected chi connectivity index (χ1v) is 6.05. The van der Waals surface area contributed by atoms with Crippen LogP contribution in [0.25, 0.3) is 0 Å². The molecule has 0 radical (unpaired) electrons. The Labute approximate surface area is 114 Å². The van der Waals surface area contributed by atoms with Crippen LogP contribution in [0.3, 0.4) is 0 Å². The van der Waals surface area contributed by atoms with Crippen molar-refractivity contribution in [3.05, 3.63) is 11.5 Å². The van der Waals surface area contributed by atoms with Crippen molar-refractivity contribution >= 4 is 0 Å². The van der Waals surface area contributed by atoms with E-state index < -0.39 is 5.79 Å². The van der Waals surface area contributed by atoms with E-state index in [1.54, 1.807) is 0 Å². The van der Waals surface area contributed by atoms with E-state index in [1.807, 2.05) is 6.92 Å². The van der Waals surface area contributed by atoms with Gasteiger partial charge in [-0.2, -0.15) is 0 Å². The minimum absolute atomic E-state index is 0. The van der Waals surface area contributed by atoms with Crippen LogP contribution in [0.1, 0.15) is 39.0 Å². The number of ether oxygens (including phenoxy) is 3. The van der Waals surface area contributed by atoms with Crippen LogP contribution in [0.4, 0.5) is 0 Å². The van der Waals surface area contributed by atoms with E-state index in [0.29, 0.717) is 6.61 Å². The van der Waals surface area contributed by atoms with Gasteiger partial charge in [-0.3, -0.25) is 0 Å². The Balaban J connectivity index is 0.00000144. The summed E-state index contributed by atoms with van der Waals surface area (Å²) in [5.74, 6) is -0.554. The van der Waals surface area contributed by atoms with Crippen molar-refractivity contribution in [1.29, 1.82) is 0 Å². The van der Waals surface area contributed by atoms with Gasteiger partial charge >= 0.3 is 18.9 Å². The zero-order chi connectivity index (χ0) is 11.4. The van der Waals surface area contributed by atoms with Gasteiger partial charge in [0.05, 0.1) is 19.2 Å². The molecule has 0 amide bonds. The first kappa shape index (κ1) is 14.9. The van der Waals surface area contributed by atoms with Gasteiger partial charge in [0.25, 0.3) is 0 Å². The molecular formula is C12H19LiO4. The van der Waals surface area contributed by atoms with Gasteiger partial charge in [-0.25, -0.2) is 0 Å². The van der Waals surface area contributed by atoms with Gasteiger partial charge in [-0.15, -0.1) is 0 Å². The Morgan fingerprint density at radius 2 is 1.88 bits per heavy atom. The number of hydrogen-bond donors (Lipinski definition) is 0. The molecule has 1 saturated heterocycles. The molecule has 4 nitrogen and oxygen atoms in total. The number of hydrogen-bond acceptors (Lipinski definition) is 4. The zero-order valence-corrected chi connectivity index (χ0v) is 10.8. The topological polar surface area (TPSA) is 50.8 Å². The fraction of sp³-hybridized carbons (Fsp3) is 0.833. The third-order valence-electron chi connectivity index (χ3n) is 3.20. The van der Waals surface area contributed by atoms with Crippen LogP contribution in [0.2, 0.25) is 0 Å². The monoisotopic (exact) mass is 234 g/mol. The molecule has 0 aromatic heterocycles. The van der Waals surface area contributed by atoms with Gasteiger partial charge in [0.2, 0.25) is 0 Å². The van der Waals surface area contributed by atoms with Gasteiger partial charge < -0.3 is 19.3 Å². The molecule has 1 spiro atoms. The average molecular weight is 234 g/mol. The molecular weight excluding hydrogens is 215 g/mol. The predicted molar refractivity (Wildman–Crippen MR) is 56.4 cm³/mol. The number of rotatable bonds is 2. The Hall–Kier alpha value is -0.143. The summed E-state index contributed by atoms with van der Waals surface area (Å²) < 4.78 is 16.4. The van der Waals surface area contributed by atoms with Crippen LogP contribution in [-0.4, -0.2) is 25.6 Å². The quantitative estimate of drug-likeness (QED) is 0.422. The molecule has 0 aromatic rings. The normalized spacial score (nSPS) is 23.0. The zero-order valence-electron chi connectivity index (χ0n) is 10.8. The third-order valence-corrected chi connectivity index (χ3v) is 3.20. The van der Waals surface area contributed by atoms with E-state index in [1.165, 1.54) is 0 Å². The van der Waals surface area contributed by atoms with Gasteiger partial charge in [0, 0.05) is 12.8 Å². The Morgan fingerprint density at radius 3 is 2.41 bits per heavy atom. The summed E-state index contributed by atoms with van der Waals surface area (Å²) in [6, 6.07) is 0. The summed E-state index contributed by atoms with van der Waals surface area (Å²) in [7, 11) is 0. The molecule has 0 atom stereocenters. The predicted octanol–water partition coefficient (Wildman–Crippen LogP) is -1.69. The van der Waals surface area contributed by atoms with Crippen molar-refractivity contribution in [3.63, 3.8) is 0 Å². The Kier molecular flexibility index (Phi) is 5.88. The SMILES string of the molecule is CCOC([O-])=C1CCC2(CC1)OCCCO2.[Li+]. The molecule has 17 heavy (non-hydrogen) atoms. The smallest absolute Gasteiger partial charge is 0.614 e. The van der Waals surface area contributed by atoms with Crippen molar-refractivity contribution in [3.8, 4) is 0 Å². The van der Waals surface area contributed by atoms with Gasteiger partial charge in [0.15, 0.2) is 5.79 Å². The Bertz CT molecular complexity index is 260. The van der Waals surface area contributed by atoms with Crippen molar-refractivity contribution < 1.29 is 38.2 Å². The molecule has 1 aliphatic heterocycles. The second-order valence-corrected chi connectivity index (χ2v) is 4.29. The molecule has 0 N–H and O–H groups in total. The van der Waals surface area contributed by atoms with Crippen molar-refractivity contribution in [1.82, 2.24) is 0 Å². The van der Waals surface area contributed by atoms with E-state index in [-0.39, 0.29) is 24.8 Å². The summed E-state index contributed by atoms with van der Waals surface area (Å²) in [5.41, 5.74) is 0.880. The van der Waals surface area contributed by atoms with Crippen LogP contribution in [-0.2, 0) is 14.2 Å². The number of allylic oxidation sites excluding steroid dienone is 1. The molecule has 0 unspecified atom stereocenters. The molecule has 2 rings (SSSR count). The van der Waals surface area contributed by atoms with Crippen LogP contribution in [0.15, 0.2) is 11.5 Å². The van der Waals surface area contributed by atoms with Crippen molar-refractivity contribution in [2.75, 3.05) is 19.8 Å². The van der Waals surface area contributed by atoms with E-state index >= 15 is 0 Å². The van der Waals surface area contributed by atoms with Gasteiger partial charge in [0.1, 0.15) is 0 Å². The summed E-state index contributed by atoms with van der Waals surface area (Å²) in [6.07, 6.45) is 4.00. The minimum Gasteiger partial charge on any atom is -0.614 e. The second-order valence-electron chi connectivity index (χ2n) is 4.29. The molecule has 2 fully saturated rings. The average Bonchev–Trinajstić information content (AvgIpc) is 2.31. The van der Waals surface area contributed by atoms with E-state index in [2.05, 4.69) is 0 Å². The summed E-state index contributed by atoms with van der Waals surface area (Å²) in [6.45, 7) is 3.82. The largest absolute Gasteiger partial charge is 1.00 e. The molecule has 2 aliphatic rings. The molecule has 5 heteroatoms. The van der Waals surface area contributed by atoms with Crippen LogP contribution in [0, 0.1) is 0 Å². The standard InChI is InChI=1S/C12H20O4.Li/c1-2-14-11(13)10-4-6-12(7-5-10)15-8-3-9-16-12;/h13H,2-9H2,1H3;/q;+1/p-1. The molecule has 1 heterocycles. The van der Waals surface area contributed by atoms with Crippen molar-refractivity contribution in [2.24, 2.45) is 0 Å². The van der Waals surface area contributed by atoms with E-state index in [9.17, 15) is 5.11 Å². The van der Waals surface area contributed by atoms with Crippen molar-refractivity contribution in [2.45, 2.75) is 44.8 Å². The van der Waals surface area contributed by atoms with E-state index in [4.69, 9.17) is 14.2 Å². The van der Waals surface area contributed by atoms with Crippen LogP contribution >= 0.6 is 0 Å². The molecule has 0 bridgehead atoms.